The number of benzene rings is 1. The predicted molar refractivity (Wildman–Crippen MR) is 122 cm³/mol. The van der Waals surface area contributed by atoms with Crippen LogP contribution in [0.3, 0.4) is 0 Å². The number of carbonyl (C=O) groups excluding carboxylic acids is 2. The Bertz CT molecular complexity index is 1050. The van der Waals surface area contributed by atoms with Crippen LogP contribution >= 0.6 is 46.3 Å². The number of nitrogens with one attached hydrogen (secondary N) is 1. The lowest BCUT2D eigenvalue weighted by molar-refractivity contribution is -0.121. The molecule has 1 N–H and O–H groups in total. The van der Waals surface area contributed by atoms with Crippen molar-refractivity contribution in [2.75, 3.05) is 18.4 Å². The van der Waals surface area contributed by atoms with E-state index in [0.29, 0.717) is 50.3 Å². The normalized spacial score (nSPS) is 16.3. The molecule has 1 aromatic carbocycles. The van der Waals surface area contributed by atoms with E-state index in [1.54, 1.807) is 29.2 Å². The van der Waals surface area contributed by atoms with Gasteiger partial charge in [-0.05, 0) is 36.6 Å². The number of likely N-dealkylation sites (tertiary alicyclic amines) is 1. The molecular weight excluding hydrogens is 479 g/mol. The summed E-state index contributed by atoms with van der Waals surface area (Å²) in [5, 5.41) is 12.6. The summed E-state index contributed by atoms with van der Waals surface area (Å²) in [7, 11) is 0. The van der Waals surface area contributed by atoms with Crippen LogP contribution < -0.4 is 5.32 Å². The molecule has 0 radical (unpaired) electrons. The van der Waals surface area contributed by atoms with Crippen LogP contribution in [-0.2, 0) is 10.5 Å². The second-order valence-corrected chi connectivity index (χ2v) is 9.97. The highest BCUT2D eigenvalue weighted by molar-refractivity contribution is 8.00. The van der Waals surface area contributed by atoms with E-state index in [0.717, 1.165) is 12.0 Å². The van der Waals surface area contributed by atoms with Gasteiger partial charge in [-0.3, -0.25) is 9.59 Å². The van der Waals surface area contributed by atoms with E-state index in [-0.39, 0.29) is 17.7 Å². The van der Waals surface area contributed by atoms with Crippen molar-refractivity contribution in [1.29, 1.82) is 0 Å². The summed E-state index contributed by atoms with van der Waals surface area (Å²) in [6.07, 6.45) is 4.36. The molecule has 1 aliphatic rings. The van der Waals surface area contributed by atoms with E-state index in [4.69, 9.17) is 27.6 Å². The Kier molecular flexibility index (Phi) is 7.16. The molecule has 2 aromatic heterocycles. The van der Waals surface area contributed by atoms with Gasteiger partial charge in [0, 0.05) is 28.9 Å². The minimum absolute atomic E-state index is 0.126. The molecule has 2 amide bonds. The Morgan fingerprint density at radius 2 is 2.06 bits per heavy atom. The van der Waals surface area contributed by atoms with E-state index >= 15 is 0 Å². The third-order valence-corrected chi connectivity index (χ3v) is 7.59. The maximum atomic E-state index is 12.7. The quantitative estimate of drug-likeness (QED) is 0.371. The van der Waals surface area contributed by atoms with Gasteiger partial charge in [-0.1, -0.05) is 52.4 Å². The average Bonchev–Trinajstić information content (AvgIpc) is 3.45. The molecule has 1 atom stereocenters. The van der Waals surface area contributed by atoms with Crippen molar-refractivity contribution in [3.63, 3.8) is 0 Å². The topological polar surface area (TPSA) is 88.3 Å². The summed E-state index contributed by atoms with van der Waals surface area (Å²) >= 11 is 15.1. The van der Waals surface area contributed by atoms with Crippen molar-refractivity contribution in [2.24, 2.45) is 5.92 Å². The molecule has 162 valence electrons. The fraction of sp³-hybridized carbons (Fsp3) is 0.300. The third kappa shape index (κ3) is 5.41. The van der Waals surface area contributed by atoms with Gasteiger partial charge in [0.05, 0.1) is 17.7 Å². The number of piperidine rings is 1. The number of hydrogen-bond acceptors (Lipinski definition) is 7. The molecule has 11 heteroatoms. The second-order valence-electron chi connectivity index (χ2n) is 6.95. The molecule has 7 nitrogen and oxygen atoms in total. The first-order valence-electron chi connectivity index (χ1n) is 9.53. The molecule has 0 bridgehead atoms. The molecule has 0 aliphatic carbocycles. The van der Waals surface area contributed by atoms with Gasteiger partial charge in [-0.25, -0.2) is 0 Å². The van der Waals surface area contributed by atoms with Crippen LogP contribution in [0.25, 0.3) is 0 Å². The van der Waals surface area contributed by atoms with Crippen molar-refractivity contribution in [3.8, 4) is 0 Å². The molecule has 1 aliphatic heterocycles. The standard InChI is InChI=1S/C20H18Cl2N4O3S2/c21-15-4-1-5-16(22)14(15)11-30-20-25-24-19(31-20)23-17(27)12-3-2-7-26(9-12)18(28)13-6-8-29-10-13/h1,4-6,8,10,12H,2-3,7,9,11H2,(H,23,24,27)/t12-/m1/s1. The second kappa shape index (κ2) is 10.0. The Labute approximate surface area is 197 Å². The first-order valence-corrected chi connectivity index (χ1v) is 12.1. The van der Waals surface area contributed by atoms with E-state index in [1.807, 2.05) is 0 Å². The highest BCUT2D eigenvalue weighted by Gasteiger charge is 2.29. The summed E-state index contributed by atoms with van der Waals surface area (Å²) in [4.78, 5) is 26.9. The van der Waals surface area contributed by atoms with Crippen LogP contribution in [-0.4, -0.2) is 40.0 Å². The van der Waals surface area contributed by atoms with Crippen molar-refractivity contribution < 1.29 is 14.0 Å². The molecule has 31 heavy (non-hydrogen) atoms. The summed E-state index contributed by atoms with van der Waals surface area (Å²) in [6, 6.07) is 7.01. The first-order chi connectivity index (χ1) is 15.0. The van der Waals surface area contributed by atoms with Crippen molar-refractivity contribution in [3.05, 3.63) is 58.0 Å². The highest BCUT2D eigenvalue weighted by Crippen LogP contribution is 2.34. The number of aromatic nitrogens is 2. The molecule has 3 aromatic rings. The molecule has 0 unspecified atom stereocenters. The molecule has 1 fully saturated rings. The lowest BCUT2D eigenvalue weighted by Gasteiger charge is -2.31. The summed E-state index contributed by atoms with van der Waals surface area (Å²) in [5.41, 5.74) is 1.33. The van der Waals surface area contributed by atoms with Gasteiger partial charge in [0.15, 0.2) is 4.34 Å². The zero-order valence-electron chi connectivity index (χ0n) is 16.2. The number of rotatable bonds is 6. The van der Waals surface area contributed by atoms with E-state index in [9.17, 15) is 9.59 Å². The van der Waals surface area contributed by atoms with Crippen LogP contribution in [0.5, 0.6) is 0 Å². The van der Waals surface area contributed by atoms with Crippen molar-refractivity contribution in [2.45, 2.75) is 22.9 Å². The van der Waals surface area contributed by atoms with Crippen molar-refractivity contribution in [1.82, 2.24) is 15.1 Å². The molecule has 3 heterocycles. The molecular formula is C20H18Cl2N4O3S2. The zero-order chi connectivity index (χ0) is 21.8. The largest absolute Gasteiger partial charge is 0.472 e. The molecule has 0 spiro atoms. The molecule has 0 saturated carbocycles. The lowest BCUT2D eigenvalue weighted by Crippen LogP contribution is -2.43. The van der Waals surface area contributed by atoms with Gasteiger partial charge in [-0.2, -0.15) is 0 Å². The summed E-state index contributed by atoms with van der Waals surface area (Å²) < 4.78 is 5.69. The van der Waals surface area contributed by atoms with Crippen LogP contribution in [0, 0.1) is 5.92 Å². The fourth-order valence-electron chi connectivity index (χ4n) is 3.27. The number of halogens is 2. The van der Waals surface area contributed by atoms with Crippen LogP contribution in [0.2, 0.25) is 10.0 Å². The van der Waals surface area contributed by atoms with Crippen LogP contribution in [0.15, 0.2) is 45.5 Å². The van der Waals surface area contributed by atoms with Crippen molar-refractivity contribution >= 4 is 63.2 Å². The average molecular weight is 497 g/mol. The van der Waals surface area contributed by atoms with Gasteiger partial charge in [-0.15, -0.1) is 10.2 Å². The molecule has 4 rings (SSSR count). The maximum absolute atomic E-state index is 12.7. The minimum atomic E-state index is -0.300. The number of carbonyl (C=O) groups is 2. The summed E-state index contributed by atoms with van der Waals surface area (Å²) in [6.45, 7) is 0.985. The number of thioether (sulfide) groups is 1. The maximum Gasteiger partial charge on any atom is 0.257 e. The summed E-state index contributed by atoms with van der Waals surface area (Å²) in [5.74, 6) is -0.0356. The number of hydrogen-bond donors (Lipinski definition) is 1. The van der Waals surface area contributed by atoms with Crippen LogP contribution in [0.4, 0.5) is 5.13 Å². The van der Waals surface area contributed by atoms with Gasteiger partial charge in [0.25, 0.3) is 5.91 Å². The van der Waals surface area contributed by atoms with E-state index in [2.05, 4.69) is 15.5 Å². The number of anilines is 1. The van der Waals surface area contributed by atoms with Gasteiger partial charge >= 0.3 is 0 Å². The molecule has 1 saturated heterocycles. The van der Waals surface area contributed by atoms with E-state index < -0.39 is 0 Å². The number of furan rings is 1. The monoisotopic (exact) mass is 496 g/mol. The Balaban J connectivity index is 1.33. The Hall–Kier alpha value is -2.07. The van der Waals surface area contributed by atoms with Crippen LogP contribution in [0.1, 0.15) is 28.8 Å². The number of nitrogens with zero attached hydrogens (tertiary/aromatic N) is 3. The SMILES string of the molecule is O=C(Nc1nnc(SCc2c(Cl)cccc2Cl)s1)[C@@H]1CCCN(C(=O)c2ccoc2)C1. The number of amides is 2. The van der Waals surface area contributed by atoms with Gasteiger partial charge < -0.3 is 14.6 Å². The minimum Gasteiger partial charge on any atom is -0.472 e. The fourth-order valence-corrected chi connectivity index (χ4v) is 5.77. The van der Waals surface area contributed by atoms with E-state index in [1.165, 1.54) is 35.6 Å². The predicted octanol–water partition coefficient (Wildman–Crippen LogP) is 5.22. The third-order valence-electron chi connectivity index (χ3n) is 4.89. The lowest BCUT2D eigenvalue weighted by atomic mass is 9.97. The first kappa shape index (κ1) is 22.1. The Morgan fingerprint density at radius 3 is 2.81 bits per heavy atom. The van der Waals surface area contributed by atoms with Gasteiger partial charge in [0.1, 0.15) is 6.26 Å². The van der Waals surface area contributed by atoms with Gasteiger partial charge in [0.2, 0.25) is 11.0 Å². The Morgan fingerprint density at radius 1 is 1.26 bits per heavy atom. The smallest absolute Gasteiger partial charge is 0.257 e. The zero-order valence-corrected chi connectivity index (χ0v) is 19.4. The highest BCUT2D eigenvalue weighted by atomic mass is 35.5.